The Labute approximate surface area is 82.8 Å². The Balaban J connectivity index is 2.64. The van der Waals surface area contributed by atoms with Gasteiger partial charge in [0.1, 0.15) is 9.41 Å². The molecule has 0 N–H and O–H groups in total. The SMILES string of the molecule is Clc1cccc2c1[N]N=C2I. The molecule has 0 spiro atoms. The van der Waals surface area contributed by atoms with Crippen LogP contribution in [0.1, 0.15) is 5.56 Å². The van der Waals surface area contributed by atoms with E-state index in [1.54, 1.807) is 0 Å². The number of halogens is 2. The third-order valence-corrected chi connectivity index (χ3v) is 2.55. The highest BCUT2D eigenvalue weighted by molar-refractivity contribution is 14.1. The third kappa shape index (κ3) is 1.12. The molecule has 1 aromatic rings. The van der Waals surface area contributed by atoms with Gasteiger partial charge in [0.25, 0.3) is 0 Å². The van der Waals surface area contributed by atoms with E-state index in [1.807, 2.05) is 18.2 Å². The lowest BCUT2D eigenvalue weighted by Gasteiger charge is -1.96. The van der Waals surface area contributed by atoms with Crippen LogP contribution in [0, 0.1) is 0 Å². The van der Waals surface area contributed by atoms with Crippen LogP contribution >= 0.6 is 34.2 Å². The third-order valence-electron chi connectivity index (χ3n) is 1.45. The summed E-state index contributed by atoms with van der Waals surface area (Å²) in [5.74, 6) is 0. The molecule has 2 rings (SSSR count). The van der Waals surface area contributed by atoms with Crippen molar-refractivity contribution in [2.24, 2.45) is 5.10 Å². The van der Waals surface area contributed by atoms with E-state index in [-0.39, 0.29) is 0 Å². The summed E-state index contributed by atoms with van der Waals surface area (Å²) in [6, 6.07) is 5.67. The van der Waals surface area contributed by atoms with Gasteiger partial charge in [0.2, 0.25) is 0 Å². The van der Waals surface area contributed by atoms with E-state index in [0.29, 0.717) is 5.02 Å². The Hall–Kier alpha value is -0.290. The summed E-state index contributed by atoms with van der Waals surface area (Å²) >= 11 is 8.00. The molecule has 55 valence electrons. The fraction of sp³-hybridized carbons (Fsp3) is 0. The van der Waals surface area contributed by atoms with Crippen molar-refractivity contribution in [2.75, 3.05) is 0 Å². The Morgan fingerprint density at radius 2 is 2.18 bits per heavy atom. The molecule has 0 fully saturated rings. The number of fused-ring (bicyclic) bond motifs is 1. The lowest BCUT2D eigenvalue weighted by atomic mass is 10.2. The lowest BCUT2D eigenvalue weighted by Crippen LogP contribution is -1.84. The largest absolute Gasteiger partial charge is 0.148 e. The van der Waals surface area contributed by atoms with Crippen LogP contribution in [0.15, 0.2) is 23.3 Å². The highest BCUT2D eigenvalue weighted by Crippen LogP contribution is 2.31. The monoisotopic (exact) mass is 277 g/mol. The maximum atomic E-state index is 5.86. The van der Waals surface area contributed by atoms with Gasteiger partial charge >= 0.3 is 0 Å². The second-order valence-electron chi connectivity index (χ2n) is 2.13. The van der Waals surface area contributed by atoms with Crippen molar-refractivity contribution in [1.29, 1.82) is 0 Å². The Bertz CT molecular complexity index is 335. The normalized spacial score (nSPS) is 13.8. The van der Waals surface area contributed by atoms with Crippen molar-refractivity contribution < 1.29 is 0 Å². The van der Waals surface area contributed by atoms with Gasteiger partial charge in [-0.15, -0.1) is 10.5 Å². The van der Waals surface area contributed by atoms with Crippen LogP contribution in [-0.2, 0) is 0 Å². The quantitative estimate of drug-likeness (QED) is 0.652. The van der Waals surface area contributed by atoms with Gasteiger partial charge in [0.15, 0.2) is 0 Å². The first-order valence-electron chi connectivity index (χ1n) is 3.02. The Morgan fingerprint density at radius 1 is 1.36 bits per heavy atom. The van der Waals surface area contributed by atoms with Gasteiger partial charge in [-0.05, 0) is 34.7 Å². The minimum Gasteiger partial charge on any atom is -0.148 e. The van der Waals surface area contributed by atoms with Crippen LogP contribution in [0.5, 0.6) is 0 Å². The number of hydrogen-bond acceptors (Lipinski definition) is 1. The molecule has 4 heteroatoms. The smallest absolute Gasteiger partial charge is 0.133 e. The lowest BCUT2D eigenvalue weighted by molar-refractivity contribution is 0.991. The van der Waals surface area contributed by atoms with Gasteiger partial charge in [-0.2, -0.15) is 0 Å². The second kappa shape index (κ2) is 2.64. The first-order valence-corrected chi connectivity index (χ1v) is 4.48. The number of hydrogen-bond donors (Lipinski definition) is 0. The average molecular weight is 277 g/mol. The number of benzene rings is 1. The molecule has 1 heterocycles. The molecule has 0 bridgehead atoms. The number of rotatable bonds is 0. The molecule has 0 aliphatic carbocycles. The molecule has 0 amide bonds. The summed E-state index contributed by atoms with van der Waals surface area (Å²) in [5, 5.41) is 4.57. The summed E-state index contributed by atoms with van der Waals surface area (Å²) in [4.78, 5) is 0. The zero-order valence-electron chi connectivity index (χ0n) is 5.38. The predicted molar refractivity (Wildman–Crippen MR) is 53.8 cm³/mol. The maximum absolute atomic E-state index is 5.86. The fourth-order valence-electron chi connectivity index (χ4n) is 0.931. The van der Waals surface area contributed by atoms with Crippen molar-refractivity contribution >= 4 is 43.6 Å². The zero-order chi connectivity index (χ0) is 7.84. The van der Waals surface area contributed by atoms with E-state index in [2.05, 4.69) is 33.1 Å². The van der Waals surface area contributed by atoms with Gasteiger partial charge in [-0.3, -0.25) is 0 Å². The van der Waals surface area contributed by atoms with Crippen molar-refractivity contribution in [2.45, 2.75) is 0 Å². The Kier molecular flexibility index (Phi) is 1.77. The number of nitrogens with zero attached hydrogens (tertiary/aromatic N) is 2. The molecule has 1 radical (unpaired) electrons. The van der Waals surface area contributed by atoms with E-state index in [1.165, 1.54) is 0 Å². The Morgan fingerprint density at radius 3 is 2.91 bits per heavy atom. The standard InChI is InChI=1S/C7H3ClIN2/c8-5-3-1-2-4-6(5)10-11-7(4)9/h1-3H. The highest BCUT2D eigenvalue weighted by atomic mass is 127. The van der Waals surface area contributed by atoms with Gasteiger partial charge in [-0.1, -0.05) is 17.7 Å². The predicted octanol–water partition coefficient (Wildman–Crippen LogP) is 2.69. The summed E-state index contributed by atoms with van der Waals surface area (Å²) in [6.07, 6.45) is 0. The van der Waals surface area contributed by atoms with Crippen molar-refractivity contribution in [3.05, 3.63) is 28.8 Å². The fourth-order valence-corrected chi connectivity index (χ4v) is 1.69. The molecular formula is C7H3ClIN2. The molecule has 2 nitrogen and oxygen atoms in total. The minimum atomic E-state index is 0.665. The van der Waals surface area contributed by atoms with Crippen LogP contribution in [0.3, 0.4) is 0 Å². The molecular weight excluding hydrogens is 274 g/mol. The van der Waals surface area contributed by atoms with E-state index < -0.39 is 0 Å². The van der Waals surface area contributed by atoms with Gasteiger partial charge in [-0.25, -0.2) is 0 Å². The topological polar surface area (TPSA) is 26.5 Å². The molecule has 1 aliphatic heterocycles. The molecule has 0 atom stereocenters. The van der Waals surface area contributed by atoms with Crippen LogP contribution in [0.25, 0.3) is 0 Å². The van der Waals surface area contributed by atoms with Crippen LogP contribution < -0.4 is 5.43 Å². The summed E-state index contributed by atoms with van der Waals surface area (Å²) < 4.78 is 0.903. The first kappa shape index (κ1) is 7.36. The molecule has 0 saturated carbocycles. The first-order chi connectivity index (χ1) is 5.29. The van der Waals surface area contributed by atoms with E-state index in [0.717, 1.165) is 15.0 Å². The van der Waals surface area contributed by atoms with E-state index in [9.17, 15) is 0 Å². The minimum absolute atomic E-state index is 0.665. The van der Waals surface area contributed by atoms with Gasteiger partial charge in [0, 0.05) is 5.56 Å². The molecule has 0 unspecified atom stereocenters. The molecule has 1 aromatic carbocycles. The molecule has 1 aliphatic rings. The van der Waals surface area contributed by atoms with Gasteiger partial charge in [0.05, 0.1) is 5.02 Å². The van der Waals surface area contributed by atoms with Crippen molar-refractivity contribution in [3.8, 4) is 0 Å². The van der Waals surface area contributed by atoms with Crippen LogP contribution in [-0.4, -0.2) is 3.72 Å². The van der Waals surface area contributed by atoms with Gasteiger partial charge < -0.3 is 0 Å². The van der Waals surface area contributed by atoms with Crippen molar-refractivity contribution in [1.82, 2.24) is 5.43 Å². The highest BCUT2D eigenvalue weighted by Gasteiger charge is 2.16. The molecule has 11 heavy (non-hydrogen) atoms. The summed E-state index contributed by atoms with van der Waals surface area (Å²) in [6.45, 7) is 0. The summed E-state index contributed by atoms with van der Waals surface area (Å²) in [5.41, 5.74) is 5.74. The summed E-state index contributed by atoms with van der Waals surface area (Å²) in [7, 11) is 0. The maximum Gasteiger partial charge on any atom is 0.133 e. The van der Waals surface area contributed by atoms with Crippen LogP contribution in [0.4, 0.5) is 5.69 Å². The molecule has 0 saturated heterocycles. The van der Waals surface area contributed by atoms with Crippen LogP contribution in [0.2, 0.25) is 5.02 Å². The van der Waals surface area contributed by atoms with E-state index in [4.69, 9.17) is 11.6 Å². The van der Waals surface area contributed by atoms with E-state index >= 15 is 0 Å². The average Bonchev–Trinajstić information content (AvgIpc) is 2.35. The zero-order valence-corrected chi connectivity index (χ0v) is 8.30. The molecule has 0 aromatic heterocycles. The van der Waals surface area contributed by atoms with Crippen molar-refractivity contribution in [3.63, 3.8) is 0 Å². The second-order valence-corrected chi connectivity index (χ2v) is 3.56.